The van der Waals surface area contributed by atoms with Gasteiger partial charge in [0.15, 0.2) is 5.82 Å². The van der Waals surface area contributed by atoms with Crippen molar-refractivity contribution in [2.24, 2.45) is 5.92 Å². The van der Waals surface area contributed by atoms with Crippen LogP contribution in [0.15, 0.2) is 4.52 Å². The van der Waals surface area contributed by atoms with Crippen LogP contribution in [0.4, 0.5) is 0 Å². The second kappa shape index (κ2) is 5.45. The highest BCUT2D eigenvalue weighted by Gasteiger charge is 2.42. The van der Waals surface area contributed by atoms with E-state index in [1.807, 2.05) is 6.92 Å². The van der Waals surface area contributed by atoms with Crippen molar-refractivity contribution in [3.05, 3.63) is 11.7 Å². The van der Waals surface area contributed by atoms with Crippen molar-refractivity contribution in [1.82, 2.24) is 20.4 Å². The van der Waals surface area contributed by atoms with Crippen LogP contribution < -0.4 is 5.32 Å². The summed E-state index contributed by atoms with van der Waals surface area (Å²) in [7, 11) is 0. The summed E-state index contributed by atoms with van der Waals surface area (Å²) in [5.41, 5.74) is 0.334. The number of hydrogen-bond acceptors (Lipinski definition) is 5. The predicted octanol–water partition coefficient (Wildman–Crippen LogP) is 2.12. The van der Waals surface area contributed by atoms with Crippen molar-refractivity contribution in [2.45, 2.75) is 64.6 Å². The van der Waals surface area contributed by atoms with Crippen molar-refractivity contribution in [3.63, 3.8) is 0 Å². The average molecular weight is 278 g/mol. The van der Waals surface area contributed by atoms with E-state index in [9.17, 15) is 0 Å². The maximum absolute atomic E-state index is 5.32. The Kier molecular flexibility index (Phi) is 3.82. The lowest BCUT2D eigenvalue weighted by Gasteiger charge is -2.47. The first kappa shape index (κ1) is 14.0. The molecule has 5 nitrogen and oxygen atoms in total. The highest BCUT2D eigenvalue weighted by atomic mass is 16.5. The number of nitrogens with one attached hydrogen (secondary N) is 1. The molecule has 1 N–H and O–H groups in total. The Balaban J connectivity index is 1.75. The topological polar surface area (TPSA) is 54.2 Å². The van der Waals surface area contributed by atoms with Gasteiger partial charge in [0.2, 0.25) is 5.89 Å². The zero-order valence-electron chi connectivity index (χ0n) is 12.9. The SMILES string of the molecule is Cc1noc(CN2CC3(CCCC3)NCC2C(C)C)n1. The Labute approximate surface area is 121 Å². The molecule has 112 valence electrons. The lowest BCUT2D eigenvalue weighted by molar-refractivity contribution is 0.0427. The molecule has 5 heteroatoms. The third kappa shape index (κ3) is 2.74. The molecule has 0 aromatic carbocycles. The smallest absolute Gasteiger partial charge is 0.240 e. The van der Waals surface area contributed by atoms with Gasteiger partial charge in [0, 0.05) is 24.7 Å². The molecule has 1 saturated carbocycles. The molecule has 0 amide bonds. The van der Waals surface area contributed by atoms with E-state index in [1.165, 1.54) is 25.7 Å². The average Bonchev–Trinajstić information content (AvgIpc) is 2.99. The first-order valence-electron chi connectivity index (χ1n) is 7.86. The molecule has 1 atom stereocenters. The van der Waals surface area contributed by atoms with Crippen molar-refractivity contribution in [2.75, 3.05) is 13.1 Å². The molecule has 0 bridgehead atoms. The van der Waals surface area contributed by atoms with Crippen LogP contribution in [0.1, 0.15) is 51.2 Å². The Morgan fingerprint density at radius 2 is 2.15 bits per heavy atom. The van der Waals surface area contributed by atoms with Crippen molar-refractivity contribution in [3.8, 4) is 0 Å². The number of hydrogen-bond donors (Lipinski definition) is 1. The molecular weight excluding hydrogens is 252 g/mol. The third-order valence-corrected chi connectivity index (χ3v) is 4.90. The molecule has 20 heavy (non-hydrogen) atoms. The van der Waals surface area contributed by atoms with Crippen molar-refractivity contribution in [1.29, 1.82) is 0 Å². The first-order valence-corrected chi connectivity index (χ1v) is 7.86. The van der Waals surface area contributed by atoms with E-state index in [0.29, 0.717) is 17.5 Å². The molecular formula is C15H26N4O. The molecule has 1 aliphatic heterocycles. The molecule has 2 aliphatic rings. The van der Waals surface area contributed by atoms with Gasteiger partial charge in [0.25, 0.3) is 0 Å². The van der Waals surface area contributed by atoms with Crippen LogP contribution in [0, 0.1) is 12.8 Å². The maximum atomic E-state index is 5.32. The van der Waals surface area contributed by atoms with E-state index < -0.39 is 0 Å². The van der Waals surface area contributed by atoms with Gasteiger partial charge in [-0.2, -0.15) is 4.98 Å². The van der Waals surface area contributed by atoms with Gasteiger partial charge in [-0.3, -0.25) is 4.90 Å². The standard InChI is InChI=1S/C15H26N4O/c1-11(2)13-8-16-15(6-4-5-7-15)10-19(13)9-14-17-12(3)18-20-14/h11,13,16H,4-10H2,1-3H3. The minimum absolute atomic E-state index is 0.334. The lowest BCUT2D eigenvalue weighted by atomic mass is 9.89. The fraction of sp³-hybridized carbons (Fsp3) is 0.867. The Bertz CT molecular complexity index is 450. The monoisotopic (exact) mass is 278 g/mol. The van der Waals surface area contributed by atoms with Gasteiger partial charge in [-0.05, 0) is 25.7 Å². The summed E-state index contributed by atoms with van der Waals surface area (Å²) in [5.74, 6) is 2.11. The molecule has 2 fully saturated rings. The fourth-order valence-corrected chi connectivity index (χ4v) is 3.81. The third-order valence-electron chi connectivity index (χ3n) is 4.90. The van der Waals surface area contributed by atoms with Crippen LogP contribution in [0.25, 0.3) is 0 Å². The molecule has 1 aliphatic carbocycles. The van der Waals surface area contributed by atoms with Gasteiger partial charge in [0.05, 0.1) is 6.54 Å². The van der Waals surface area contributed by atoms with Gasteiger partial charge in [-0.15, -0.1) is 0 Å². The number of aromatic nitrogens is 2. The number of nitrogens with zero attached hydrogens (tertiary/aromatic N) is 3. The summed E-state index contributed by atoms with van der Waals surface area (Å²) >= 11 is 0. The van der Waals surface area contributed by atoms with Crippen LogP contribution >= 0.6 is 0 Å². The molecule has 1 spiro atoms. The molecule has 3 rings (SSSR count). The maximum Gasteiger partial charge on any atom is 0.240 e. The Hall–Kier alpha value is -0.940. The lowest BCUT2D eigenvalue weighted by Crippen LogP contribution is -2.64. The van der Waals surface area contributed by atoms with E-state index in [-0.39, 0.29) is 0 Å². The van der Waals surface area contributed by atoms with E-state index in [0.717, 1.165) is 31.3 Å². The van der Waals surface area contributed by atoms with Crippen LogP contribution in [-0.4, -0.2) is 39.7 Å². The summed E-state index contributed by atoms with van der Waals surface area (Å²) in [6, 6.07) is 0.549. The minimum Gasteiger partial charge on any atom is -0.338 e. The normalized spacial score (nSPS) is 26.7. The molecule has 1 unspecified atom stereocenters. The summed E-state index contributed by atoms with van der Waals surface area (Å²) in [4.78, 5) is 6.93. The van der Waals surface area contributed by atoms with E-state index >= 15 is 0 Å². The molecule has 2 heterocycles. The fourth-order valence-electron chi connectivity index (χ4n) is 3.81. The van der Waals surface area contributed by atoms with Gasteiger partial charge >= 0.3 is 0 Å². The molecule has 0 radical (unpaired) electrons. The zero-order valence-corrected chi connectivity index (χ0v) is 12.9. The van der Waals surface area contributed by atoms with Crippen molar-refractivity contribution >= 4 is 0 Å². The van der Waals surface area contributed by atoms with Crippen LogP contribution in [0.2, 0.25) is 0 Å². The molecule has 1 saturated heterocycles. The van der Waals surface area contributed by atoms with E-state index in [1.54, 1.807) is 0 Å². The second-order valence-corrected chi connectivity index (χ2v) is 6.82. The van der Waals surface area contributed by atoms with Crippen LogP contribution in [0.5, 0.6) is 0 Å². The largest absolute Gasteiger partial charge is 0.338 e. The van der Waals surface area contributed by atoms with Crippen LogP contribution in [-0.2, 0) is 6.54 Å². The van der Waals surface area contributed by atoms with Gasteiger partial charge in [-0.1, -0.05) is 31.8 Å². The van der Waals surface area contributed by atoms with Gasteiger partial charge < -0.3 is 9.84 Å². The van der Waals surface area contributed by atoms with E-state index in [4.69, 9.17) is 4.52 Å². The quantitative estimate of drug-likeness (QED) is 0.918. The number of rotatable bonds is 3. The molecule has 1 aromatic heterocycles. The first-order chi connectivity index (χ1) is 9.58. The highest BCUT2D eigenvalue weighted by molar-refractivity contribution is 5.02. The number of aryl methyl sites for hydroxylation is 1. The summed E-state index contributed by atoms with van der Waals surface area (Å²) in [6.07, 6.45) is 5.31. The summed E-state index contributed by atoms with van der Waals surface area (Å²) in [5, 5.41) is 7.75. The predicted molar refractivity (Wildman–Crippen MR) is 77.3 cm³/mol. The zero-order chi connectivity index (χ0) is 14.2. The van der Waals surface area contributed by atoms with Gasteiger partial charge in [-0.25, -0.2) is 0 Å². The van der Waals surface area contributed by atoms with Crippen molar-refractivity contribution < 1.29 is 4.52 Å². The Morgan fingerprint density at radius 1 is 1.40 bits per heavy atom. The van der Waals surface area contributed by atoms with E-state index in [2.05, 4.69) is 34.2 Å². The number of piperazine rings is 1. The van der Waals surface area contributed by atoms with Gasteiger partial charge in [0.1, 0.15) is 0 Å². The Morgan fingerprint density at radius 3 is 2.75 bits per heavy atom. The minimum atomic E-state index is 0.334. The van der Waals surface area contributed by atoms with Crippen LogP contribution in [0.3, 0.4) is 0 Å². The summed E-state index contributed by atoms with van der Waals surface area (Å²) in [6.45, 7) is 9.44. The molecule has 1 aromatic rings. The summed E-state index contributed by atoms with van der Waals surface area (Å²) < 4.78 is 5.32. The highest BCUT2D eigenvalue weighted by Crippen LogP contribution is 2.34. The second-order valence-electron chi connectivity index (χ2n) is 6.82.